The SMILES string of the molecule is O=C(N[C@@H]1CCOC[C@H]1OCc1cscn1)c1cc(=O)[nH]c(=O)[nH]1. The number of carbonyl (C=O) groups excluding carboxylic acids is 1. The van der Waals surface area contributed by atoms with Gasteiger partial charge in [0.1, 0.15) is 11.8 Å². The fourth-order valence-corrected chi connectivity index (χ4v) is 2.92. The molecule has 0 unspecified atom stereocenters. The highest BCUT2D eigenvalue weighted by Gasteiger charge is 2.28. The maximum Gasteiger partial charge on any atom is 0.326 e. The van der Waals surface area contributed by atoms with Crippen LogP contribution in [0.3, 0.4) is 0 Å². The average Bonchev–Trinajstić information content (AvgIpc) is 3.06. The van der Waals surface area contributed by atoms with Crippen LogP contribution in [-0.2, 0) is 16.1 Å². The van der Waals surface area contributed by atoms with Gasteiger partial charge in [-0.3, -0.25) is 14.6 Å². The van der Waals surface area contributed by atoms with Crippen molar-refractivity contribution in [2.75, 3.05) is 13.2 Å². The van der Waals surface area contributed by atoms with Crippen LogP contribution in [0.15, 0.2) is 26.5 Å². The second kappa shape index (κ2) is 7.51. The Morgan fingerprint density at radius 2 is 2.33 bits per heavy atom. The van der Waals surface area contributed by atoms with Gasteiger partial charge in [0.15, 0.2) is 0 Å². The maximum absolute atomic E-state index is 12.3. The van der Waals surface area contributed by atoms with E-state index in [-0.39, 0.29) is 17.8 Å². The van der Waals surface area contributed by atoms with Crippen LogP contribution in [0.4, 0.5) is 0 Å². The molecular weight excluding hydrogens is 336 g/mol. The van der Waals surface area contributed by atoms with E-state index in [0.29, 0.717) is 26.2 Å². The number of aromatic nitrogens is 3. The summed E-state index contributed by atoms with van der Waals surface area (Å²) in [5.74, 6) is -0.535. The largest absolute Gasteiger partial charge is 0.379 e. The summed E-state index contributed by atoms with van der Waals surface area (Å²) in [7, 11) is 0. The van der Waals surface area contributed by atoms with Crippen molar-refractivity contribution in [2.24, 2.45) is 0 Å². The summed E-state index contributed by atoms with van der Waals surface area (Å²) < 4.78 is 11.2. The van der Waals surface area contributed by atoms with Gasteiger partial charge < -0.3 is 19.8 Å². The van der Waals surface area contributed by atoms with Crippen LogP contribution in [0.25, 0.3) is 0 Å². The van der Waals surface area contributed by atoms with Crippen LogP contribution in [-0.4, -0.2) is 46.2 Å². The van der Waals surface area contributed by atoms with Crippen molar-refractivity contribution < 1.29 is 14.3 Å². The van der Waals surface area contributed by atoms with Crippen LogP contribution in [0.2, 0.25) is 0 Å². The number of carbonyl (C=O) groups is 1. The number of nitrogens with one attached hydrogen (secondary N) is 3. The molecular formula is C14H16N4O5S. The molecule has 1 amide bonds. The molecule has 2 atom stereocenters. The third-order valence-corrected chi connectivity index (χ3v) is 4.19. The zero-order valence-electron chi connectivity index (χ0n) is 12.6. The first kappa shape index (κ1) is 16.6. The summed E-state index contributed by atoms with van der Waals surface area (Å²) in [5, 5.41) is 4.67. The Labute approximate surface area is 140 Å². The van der Waals surface area contributed by atoms with E-state index in [9.17, 15) is 14.4 Å². The van der Waals surface area contributed by atoms with Crippen molar-refractivity contribution >= 4 is 17.2 Å². The Kier molecular flexibility index (Phi) is 5.18. The molecule has 2 aromatic heterocycles. The van der Waals surface area contributed by atoms with Crippen LogP contribution in [0, 0.1) is 0 Å². The first-order chi connectivity index (χ1) is 11.6. The van der Waals surface area contributed by atoms with Gasteiger partial charge in [0, 0.05) is 18.1 Å². The lowest BCUT2D eigenvalue weighted by atomic mass is 10.1. The van der Waals surface area contributed by atoms with Crippen LogP contribution in [0.5, 0.6) is 0 Å². The first-order valence-electron chi connectivity index (χ1n) is 7.33. The molecule has 0 bridgehead atoms. The summed E-state index contributed by atoms with van der Waals surface area (Å²) in [6, 6.07) is 0.758. The third-order valence-electron chi connectivity index (χ3n) is 3.55. The summed E-state index contributed by atoms with van der Waals surface area (Å²) in [4.78, 5) is 43.3. The number of hydrogen-bond acceptors (Lipinski definition) is 7. The van der Waals surface area contributed by atoms with E-state index in [1.165, 1.54) is 11.3 Å². The van der Waals surface area contributed by atoms with Gasteiger partial charge in [-0.05, 0) is 6.42 Å². The van der Waals surface area contributed by atoms with E-state index in [0.717, 1.165) is 11.8 Å². The van der Waals surface area contributed by atoms with Crippen LogP contribution >= 0.6 is 11.3 Å². The molecule has 1 fully saturated rings. The zero-order valence-corrected chi connectivity index (χ0v) is 13.4. The van der Waals surface area contributed by atoms with Crippen LogP contribution < -0.4 is 16.6 Å². The molecule has 0 saturated carbocycles. The standard InChI is InChI=1S/C14H16N4O5S/c19-12-3-10(17-14(21)18-12)13(20)16-9-1-2-22-5-11(9)23-4-8-6-24-7-15-8/h3,6-7,9,11H,1-2,4-5H2,(H,16,20)(H2,17,18,19,21)/t9-,11-/m1/s1. The summed E-state index contributed by atoms with van der Waals surface area (Å²) in [5.41, 5.74) is 1.09. The van der Waals surface area contributed by atoms with Gasteiger partial charge in [0.05, 0.1) is 30.5 Å². The van der Waals surface area contributed by atoms with E-state index in [1.807, 2.05) is 10.4 Å². The quantitative estimate of drug-likeness (QED) is 0.674. The number of amides is 1. The van der Waals surface area contributed by atoms with Gasteiger partial charge in [-0.25, -0.2) is 9.78 Å². The van der Waals surface area contributed by atoms with Crippen LogP contribution in [0.1, 0.15) is 22.6 Å². The molecule has 3 heterocycles. The van der Waals surface area contributed by atoms with Crippen molar-refractivity contribution in [3.63, 3.8) is 0 Å². The number of H-pyrrole nitrogens is 2. The first-order valence-corrected chi connectivity index (χ1v) is 8.27. The molecule has 24 heavy (non-hydrogen) atoms. The predicted molar refractivity (Wildman–Crippen MR) is 85.1 cm³/mol. The van der Waals surface area contributed by atoms with Gasteiger partial charge in [-0.15, -0.1) is 11.3 Å². The highest BCUT2D eigenvalue weighted by molar-refractivity contribution is 7.07. The Hall–Kier alpha value is -2.30. The van der Waals surface area contributed by atoms with Crippen molar-refractivity contribution in [3.05, 3.63) is 49.2 Å². The fraction of sp³-hybridized carbons (Fsp3) is 0.429. The summed E-state index contributed by atoms with van der Waals surface area (Å²) in [6.45, 7) is 1.17. The minimum Gasteiger partial charge on any atom is -0.379 e. The molecule has 9 nitrogen and oxygen atoms in total. The molecule has 3 N–H and O–H groups in total. The van der Waals surface area contributed by atoms with Gasteiger partial charge in [0.2, 0.25) is 0 Å². The number of ether oxygens (including phenoxy) is 2. The lowest BCUT2D eigenvalue weighted by Crippen LogP contribution is -2.50. The molecule has 1 saturated heterocycles. The van der Waals surface area contributed by atoms with E-state index < -0.39 is 17.2 Å². The number of nitrogens with zero attached hydrogens (tertiary/aromatic N) is 1. The van der Waals surface area contributed by atoms with Crippen molar-refractivity contribution in [2.45, 2.75) is 25.2 Å². The second-order valence-corrected chi connectivity index (χ2v) is 5.99. The minimum absolute atomic E-state index is 0.0894. The number of hydrogen-bond donors (Lipinski definition) is 3. The summed E-state index contributed by atoms with van der Waals surface area (Å²) >= 11 is 1.48. The smallest absolute Gasteiger partial charge is 0.326 e. The molecule has 0 aliphatic carbocycles. The van der Waals surface area contributed by atoms with E-state index in [1.54, 1.807) is 5.51 Å². The molecule has 1 aliphatic rings. The van der Waals surface area contributed by atoms with E-state index in [4.69, 9.17) is 9.47 Å². The maximum atomic E-state index is 12.3. The predicted octanol–water partition coefficient (Wildman–Crippen LogP) is -0.376. The van der Waals surface area contributed by atoms with Gasteiger partial charge >= 0.3 is 5.69 Å². The van der Waals surface area contributed by atoms with Crippen molar-refractivity contribution in [1.29, 1.82) is 0 Å². The number of thiazole rings is 1. The summed E-state index contributed by atoms with van der Waals surface area (Å²) in [6.07, 6.45) is 0.235. The monoisotopic (exact) mass is 352 g/mol. The molecule has 3 rings (SSSR count). The number of aromatic amines is 2. The van der Waals surface area contributed by atoms with Crippen molar-refractivity contribution in [1.82, 2.24) is 20.3 Å². The third kappa shape index (κ3) is 4.16. The Morgan fingerprint density at radius 3 is 3.08 bits per heavy atom. The highest BCUT2D eigenvalue weighted by atomic mass is 32.1. The molecule has 10 heteroatoms. The molecule has 128 valence electrons. The molecule has 2 aromatic rings. The Balaban J connectivity index is 1.65. The zero-order chi connectivity index (χ0) is 16.9. The lowest BCUT2D eigenvalue weighted by molar-refractivity contribution is -0.0742. The molecule has 0 aromatic carbocycles. The average molecular weight is 352 g/mol. The normalized spacial score (nSPS) is 20.7. The van der Waals surface area contributed by atoms with E-state index >= 15 is 0 Å². The van der Waals surface area contributed by atoms with E-state index in [2.05, 4.69) is 15.3 Å². The van der Waals surface area contributed by atoms with Crippen molar-refractivity contribution in [3.8, 4) is 0 Å². The number of rotatable bonds is 5. The molecule has 1 aliphatic heterocycles. The minimum atomic E-state index is -0.726. The molecule has 0 radical (unpaired) electrons. The van der Waals surface area contributed by atoms with Gasteiger partial charge in [0.25, 0.3) is 11.5 Å². The molecule has 0 spiro atoms. The second-order valence-electron chi connectivity index (χ2n) is 5.27. The lowest BCUT2D eigenvalue weighted by Gasteiger charge is -2.31. The topological polar surface area (TPSA) is 126 Å². The highest BCUT2D eigenvalue weighted by Crippen LogP contribution is 2.14. The Morgan fingerprint density at radius 1 is 1.46 bits per heavy atom. The fourth-order valence-electron chi connectivity index (χ4n) is 2.38. The van der Waals surface area contributed by atoms with Gasteiger partial charge in [-0.1, -0.05) is 0 Å². The Bertz CT molecular complexity index is 772. The van der Waals surface area contributed by atoms with Gasteiger partial charge in [-0.2, -0.15) is 0 Å².